The van der Waals surface area contributed by atoms with Crippen LogP contribution in [-0.4, -0.2) is 35.9 Å². The van der Waals surface area contributed by atoms with Gasteiger partial charge in [-0.1, -0.05) is 24.8 Å². The molecule has 0 atom stereocenters. The molecule has 0 saturated heterocycles. The third-order valence-electron chi connectivity index (χ3n) is 2.10. The van der Waals surface area contributed by atoms with E-state index in [-0.39, 0.29) is 92.0 Å². The fraction of sp³-hybridized carbons (Fsp3) is 0.385. The summed E-state index contributed by atoms with van der Waals surface area (Å²) >= 11 is 3.48. The normalized spacial score (nSPS) is 8.52. The molecule has 10 heteroatoms. The van der Waals surface area contributed by atoms with E-state index in [4.69, 9.17) is 14.9 Å². The third kappa shape index (κ3) is 15.8. The molecular formula is C13H18O7SY2. The van der Waals surface area contributed by atoms with Gasteiger partial charge in [-0.05, 0) is 22.8 Å². The van der Waals surface area contributed by atoms with Gasteiger partial charge >= 0.3 is 5.30 Å². The number of rotatable bonds is 7. The summed E-state index contributed by atoms with van der Waals surface area (Å²) in [4.78, 5) is 20.6. The van der Waals surface area contributed by atoms with Crippen molar-refractivity contribution in [2.24, 2.45) is 0 Å². The number of carbonyl (C=O) groups is 2. The van der Waals surface area contributed by atoms with E-state index in [0.717, 1.165) is 0 Å². The molecule has 0 aliphatic heterocycles. The fourth-order valence-electron chi connectivity index (χ4n) is 1.37. The molecule has 0 saturated carbocycles. The topological polar surface area (TPSA) is 102 Å². The van der Waals surface area contributed by atoms with E-state index in [1.54, 1.807) is 18.2 Å². The predicted octanol–water partition coefficient (Wildman–Crippen LogP) is 0.996. The molecule has 1 aromatic carbocycles. The molecule has 0 aliphatic rings. The number of benzene rings is 1. The molecule has 0 unspecified atom stereocenters. The molecule has 1 aromatic rings. The summed E-state index contributed by atoms with van der Waals surface area (Å²) in [5, 5.41) is 16.0. The second-order valence-corrected chi connectivity index (χ2v) is 4.06. The smallest absolute Gasteiger partial charge is 0.364 e. The van der Waals surface area contributed by atoms with Crippen LogP contribution in [0.2, 0.25) is 0 Å². The van der Waals surface area contributed by atoms with E-state index in [1.807, 2.05) is 0 Å². The Kier molecular flexibility index (Phi) is 23.4. The molecule has 0 amide bonds. The Morgan fingerprint density at radius 2 is 1.61 bits per heavy atom. The van der Waals surface area contributed by atoms with Crippen LogP contribution in [0, 0.1) is 0 Å². The van der Waals surface area contributed by atoms with Gasteiger partial charge in [-0.2, -0.15) is 0 Å². The standard InChI is InChI=1S/C11H12O5S.C2H6O2.2Y/c12-4-8-1-9(5-15-7-13)3-10(2-8)6-16-11(14)17;1-4-2-3;;/h1-3,7,12H,4-6H2,(H,14,17);3H,2H2,1H3;;. The number of aliphatic hydroxyl groups excluding tert-OH is 2. The Labute approximate surface area is 190 Å². The van der Waals surface area contributed by atoms with Crippen molar-refractivity contribution in [1.29, 1.82) is 0 Å². The summed E-state index contributed by atoms with van der Waals surface area (Å²) in [6.45, 7) is 0.194. The third-order valence-corrected chi connectivity index (χ3v) is 2.23. The molecule has 2 radical (unpaired) electrons. The monoisotopic (exact) mass is 496 g/mol. The summed E-state index contributed by atoms with van der Waals surface area (Å²) in [6.07, 6.45) is 0. The summed E-state index contributed by atoms with van der Waals surface area (Å²) in [5.41, 5.74) is 2.07. The Hall–Kier alpha value is 0.598. The number of aliphatic hydroxyl groups is 2. The molecule has 1 rings (SSSR count). The van der Waals surface area contributed by atoms with Crippen molar-refractivity contribution >= 4 is 24.4 Å². The number of hydrogen-bond donors (Lipinski definition) is 3. The van der Waals surface area contributed by atoms with Crippen molar-refractivity contribution in [1.82, 2.24) is 0 Å². The van der Waals surface area contributed by atoms with Crippen molar-refractivity contribution < 1.29 is 99.4 Å². The molecular weight excluding hydrogens is 478 g/mol. The van der Waals surface area contributed by atoms with Crippen LogP contribution in [0.15, 0.2) is 18.2 Å². The van der Waals surface area contributed by atoms with Gasteiger partial charge in [0.05, 0.1) is 6.61 Å². The second-order valence-electron chi connectivity index (χ2n) is 3.70. The minimum absolute atomic E-state index is 0. The first kappa shape index (κ1) is 28.4. The summed E-state index contributed by atoms with van der Waals surface area (Å²) in [7, 11) is 1.43. The van der Waals surface area contributed by atoms with Crippen molar-refractivity contribution in [3.63, 3.8) is 0 Å². The molecule has 2 N–H and O–H groups in total. The Morgan fingerprint density at radius 1 is 1.13 bits per heavy atom. The van der Waals surface area contributed by atoms with Gasteiger partial charge in [0.2, 0.25) is 0 Å². The summed E-state index contributed by atoms with van der Waals surface area (Å²) in [6, 6.07) is 5.12. The van der Waals surface area contributed by atoms with Crippen LogP contribution in [-0.2, 0) is 104 Å². The quantitative estimate of drug-likeness (QED) is 0.224. The average molecular weight is 496 g/mol. The predicted molar refractivity (Wildman–Crippen MR) is 76.5 cm³/mol. The first-order chi connectivity index (χ1) is 10.1. The number of hydrogen-bond acceptors (Lipinski definition) is 7. The van der Waals surface area contributed by atoms with Crippen LogP contribution in [0.5, 0.6) is 0 Å². The van der Waals surface area contributed by atoms with Gasteiger partial charge in [-0.15, -0.1) is 0 Å². The van der Waals surface area contributed by atoms with E-state index < -0.39 is 5.30 Å². The first-order valence-electron chi connectivity index (χ1n) is 5.80. The van der Waals surface area contributed by atoms with Crippen molar-refractivity contribution in [2.45, 2.75) is 19.8 Å². The SMILES string of the molecule is COCO.O=COCc1cc(CO)cc(COC(=O)S)c1.[Y].[Y]. The van der Waals surface area contributed by atoms with Crippen molar-refractivity contribution in [3.05, 3.63) is 34.9 Å². The van der Waals surface area contributed by atoms with Crippen LogP contribution in [0.25, 0.3) is 0 Å². The largest absolute Gasteiger partial charge is 0.463 e. The minimum Gasteiger partial charge on any atom is -0.463 e. The van der Waals surface area contributed by atoms with Gasteiger partial charge in [0, 0.05) is 72.5 Å². The molecule has 0 bridgehead atoms. The van der Waals surface area contributed by atoms with E-state index in [1.165, 1.54) is 7.11 Å². The van der Waals surface area contributed by atoms with Gasteiger partial charge in [-0.25, -0.2) is 4.79 Å². The molecule has 0 fully saturated rings. The van der Waals surface area contributed by atoms with Gasteiger partial charge in [0.25, 0.3) is 6.47 Å². The van der Waals surface area contributed by atoms with Gasteiger partial charge in [0.1, 0.15) is 20.0 Å². The van der Waals surface area contributed by atoms with Gasteiger partial charge in [0.15, 0.2) is 0 Å². The minimum atomic E-state index is -0.676. The average Bonchev–Trinajstić information content (AvgIpc) is 2.50. The molecule has 124 valence electrons. The van der Waals surface area contributed by atoms with Crippen LogP contribution >= 0.6 is 12.6 Å². The molecule has 0 heterocycles. The molecule has 0 aromatic heterocycles. The van der Waals surface area contributed by atoms with E-state index >= 15 is 0 Å². The Bertz CT molecular complexity index is 444. The van der Waals surface area contributed by atoms with Crippen LogP contribution in [0.4, 0.5) is 4.79 Å². The maximum absolute atomic E-state index is 10.6. The molecule has 7 nitrogen and oxygen atoms in total. The summed E-state index contributed by atoms with van der Waals surface area (Å²) < 4.78 is 13.4. The van der Waals surface area contributed by atoms with Gasteiger partial charge in [-0.3, -0.25) is 4.79 Å². The van der Waals surface area contributed by atoms with E-state index in [9.17, 15) is 9.59 Å². The van der Waals surface area contributed by atoms with Crippen LogP contribution < -0.4 is 0 Å². The van der Waals surface area contributed by atoms with Gasteiger partial charge < -0.3 is 24.4 Å². The number of carbonyl (C=O) groups excluding carboxylic acids is 2. The fourth-order valence-corrected chi connectivity index (χ4v) is 1.44. The maximum atomic E-state index is 10.6. The Balaban J connectivity index is -0.000000598. The number of thiol groups is 1. The van der Waals surface area contributed by atoms with E-state index in [2.05, 4.69) is 22.1 Å². The number of methoxy groups -OCH3 is 1. The molecule has 0 spiro atoms. The zero-order chi connectivity index (χ0) is 16.1. The van der Waals surface area contributed by atoms with Crippen molar-refractivity contribution in [2.75, 3.05) is 13.9 Å². The zero-order valence-electron chi connectivity index (χ0n) is 12.7. The van der Waals surface area contributed by atoms with Crippen molar-refractivity contribution in [3.8, 4) is 0 Å². The second kappa shape index (κ2) is 18.9. The van der Waals surface area contributed by atoms with Crippen LogP contribution in [0.1, 0.15) is 16.7 Å². The zero-order valence-corrected chi connectivity index (χ0v) is 19.2. The van der Waals surface area contributed by atoms with E-state index in [0.29, 0.717) is 23.2 Å². The summed E-state index contributed by atoms with van der Waals surface area (Å²) in [5.74, 6) is 0. The maximum Gasteiger partial charge on any atom is 0.364 e. The molecule has 23 heavy (non-hydrogen) atoms. The first-order valence-corrected chi connectivity index (χ1v) is 6.25. The number of ether oxygens (including phenoxy) is 3. The van der Waals surface area contributed by atoms with Crippen LogP contribution in [0.3, 0.4) is 0 Å². The molecule has 0 aliphatic carbocycles. The Morgan fingerprint density at radius 3 is 2.00 bits per heavy atom.